The summed E-state index contributed by atoms with van der Waals surface area (Å²) in [5.74, 6) is 0.498. The Bertz CT molecular complexity index is 914. The monoisotopic (exact) mass is 391 g/mol. The number of hydrogen-bond donors (Lipinski definition) is 0. The predicted octanol–water partition coefficient (Wildman–Crippen LogP) is 5.13. The van der Waals surface area contributed by atoms with Crippen LogP contribution in [0.4, 0.5) is 17.1 Å². The summed E-state index contributed by atoms with van der Waals surface area (Å²) in [6.07, 6.45) is 1.01. The van der Waals surface area contributed by atoms with Crippen molar-refractivity contribution < 1.29 is 4.79 Å². The molecule has 0 N–H and O–H groups in total. The minimum atomic E-state index is 0.125. The zero-order valence-corrected chi connectivity index (χ0v) is 18.4. The van der Waals surface area contributed by atoms with Crippen LogP contribution in [0, 0.1) is 0 Å². The van der Waals surface area contributed by atoms with Gasteiger partial charge in [-0.05, 0) is 75.1 Å². The second kappa shape index (κ2) is 7.74. The molecule has 4 heteroatoms. The summed E-state index contributed by atoms with van der Waals surface area (Å²) in [5.41, 5.74) is 7.61. The summed E-state index contributed by atoms with van der Waals surface area (Å²) >= 11 is 0. The molecule has 1 heterocycles. The van der Waals surface area contributed by atoms with Gasteiger partial charge in [0.1, 0.15) is 0 Å². The highest BCUT2D eigenvalue weighted by atomic mass is 16.2. The number of amides is 1. The van der Waals surface area contributed by atoms with E-state index in [4.69, 9.17) is 0 Å². The highest BCUT2D eigenvalue weighted by Gasteiger charge is 2.46. The van der Waals surface area contributed by atoms with Crippen LogP contribution in [-0.4, -0.2) is 32.1 Å². The zero-order valence-electron chi connectivity index (χ0n) is 18.4. The first-order valence-electron chi connectivity index (χ1n) is 11.1. The van der Waals surface area contributed by atoms with Crippen LogP contribution in [0.15, 0.2) is 36.4 Å². The summed E-state index contributed by atoms with van der Waals surface area (Å²) in [7, 11) is 0. The van der Waals surface area contributed by atoms with Crippen LogP contribution in [0.1, 0.15) is 63.3 Å². The van der Waals surface area contributed by atoms with E-state index in [1.165, 1.54) is 28.1 Å². The minimum absolute atomic E-state index is 0.125. The first-order valence-corrected chi connectivity index (χ1v) is 11.1. The highest BCUT2D eigenvalue weighted by molar-refractivity contribution is 5.96. The van der Waals surface area contributed by atoms with E-state index in [0.29, 0.717) is 5.92 Å². The molecule has 0 bridgehead atoms. The molecular formula is C25H33N3O. The SMILES string of the molecule is CCN(CC)c1ccc2c(c1)[C@H]1[C@@H](C2)c2ccc(N(CC)CC)cc2N1C(C)=O. The fraction of sp³-hybridized carbons (Fsp3) is 0.480. The van der Waals surface area contributed by atoms with Crippen LogP contribution in [0.2, 0.25) is 0 Å². The Morgan fingerprint density at radius 1 is 0.897 bits per heavy atom. The van der Waals surface area contributed by atoms with Gasteiger partial charge >= 0.3 is 0 Å². The van der Waals surface area contributed by atoms with Gasteiger partial charge in [-0.3, -0.25) is 4.79 Å². The zero-order chi connectivity index (χ0) is 20.7. The maximum absolute atomic E-state index is 12.8. The molecule has 4 rings (SSSR count). The van der Waals surface area contributed by atoms with Crippen molar-refractivity contribution in [3.8, 4) is 0 Å². The number of nitrogens with zero attached hydrogens (tertiary/aromatic N) is 3. The molecule has 1 amide bonds. The van der Waals surface area contributed by atoms with Gasteiger partial charge in [0, 0.05) is 56.1 Å². The molecule has 0 radical (unpaired) electrons. The standard InChI is InChI=1S/C25H33N3O/c1-6-26(7-2)19-11-10-18-14-23-21-13-12-20(27(8-3)9-4)16-24(21)28(17(5)29)25(23)22(18)15-19/h10-13,15-16,23,25H,6-9,14H2,1-5H3/t23-,25-/m0/s1. The highest BCUT2D eigenvalue weighted by Crippen LogP contribution is 2.56. The number of anilines is 3. The van der Waals surface area contributed by atoms with Crippen LogP contribution in [0.5, 0.6) is 0 Å². The largest absolute Gasteiger partial charge is 0.372 e. The van der Waals surface area contributed by atoms with Gasteiger partial charge in [0.05, 0.1) is 6.04 Å². The first-order chi connectivity index (χ1) is 14.0. The maximum Gasteiger partial charge on any atom is 0.224 e. The molecule has 0 unspecified atom stereocenters. The second-order valence-corrected chi connectivity index (χ2v) is 8.12. The van der Waals surface area contributed by atoms with Gasteiger partial charge in [-0.2, -0.15) is 0 Å². The lowest BCUT2D eigenvalue weighted by Gasteiger charge is -2.28. The molecule has 0 spiro atoms. The van der Waals surface area contributed by atoms with Gasteiger partial charge in [-0.1, -0.05) is 12.1 Å². The molecule has 1 aliphatic heterocycles. The average Bonchev–Trinajstić information content (AvgIpc) is 3.24. The smallest absolute Gasteiger partial charge is 0.224 e. The minimum Gasteiger partial charge on any atom is -0.372 e. The van der Waals surface area contributed by atoms with Gasteiger partial charge in [-0.15, -0.1) is 0 Å². The molecule has 2 aliphatic rings. The van der Waals surface area contributed by atoms with E-state index in [2.05, 4.69) is 78.8 Å². The molecule has 0 fully saturated rings. The Morgan fingerprint density at radius 2 is 1.48 bits per heavy atom. The van der Waals surface area contributed by atoms with E-state index in [0.717, 1.165) is 38.3 Å². The number of hydrogen-bond acceptors (Lipinski definition) is 3. The predicted molar refractivity (Wildman–Crippen MR) is 122 cm³/mol. The third-order valence-electron chi connectivity index (χ3n) is 6.82. The fourth-order valence-electron chi connectivity index (χ4n) is 5.35. The molecule has 2 atom stereocenters. The Kier molecular flexibility index (Phi) is 5.28. The van der Waals surface area contributed by atoms with E-state index < -0.39 is 0 Å². The van der Waals surface area contributed by atoms with Crippen molar-refractivity contribution in [3.05, 3.63) is 53.1 Å². The van der Waals surface area contributed by atoms with Crippen molar-refractivity contribution in [3.63, 3.8) is 0 Å². The number of rotatable bonds is 6. The lowest BCUT2D eigenvalue weighted by atomic mass is 9.95. The van der Waals surface area contributed by atoms with Gasteiger partial charge in [-0.25, -0.2) is 0 Å². The number of benzene rings is 2. The van der Waals surface area contributed by atoms with Crippen molar-refractivity contribution in [1.82, 2.24) is 0 Å². The van der Waals surface area contributed by atoms with Gasteiger partial charge in [0.25, 0.3) is 0 Å². The maximum atomic E-state index is 12.8. The summed E-state index contributed by atoms with van der Waals surface area (Å²) < 4.78 is 0. The van der Waals surface area contributed by atoms with Crippen LogP contribution in [0.3, 0.4) is 0 Å². The van der Waals surface area contributed by atoms with Gasteiger partial charge in [0.2, 0.25) is 5.91 Å². The Hall–Kier alpha value is -2.49. The van der Waals surface area contributed by atoms with Crippen LogP contribution in [-0.2, 0) is 11.2 Å². The number of fused-ring (bicyclic) bond motifs is 5. The average molecular weight is 392 g/mol. The van der Waals surface area contributed by atoms with E-state index in [1.54, 1.807) is 6.92 Å². The van der Waals surface area contributed by atoms with Crippen LogP contribution >= 0.6 is 0 Å². The molecule has 0 saturated heterocycles. The molecule has 1 aliphatic carbocycles. The molecule has 4 nitrogen and oxygen atoms in total. The first kappa shape index (κ1) is 19.8. The molecular weight excluding hydrogens is 358 g/mol. The van der Waals surface area contributed by atoms with E-state index in [-0.39, 0.29) is 11.9 Å². The quantitative estimate of drug-likeness (QED) is 0.683. The summed E-state index contributed by atoms with van der Waals surface area (Å²) in [5, 5.41) is 0. The normalized spacial score (nSPS) is 19.0. The topological polar surface area (TPSA) is 26.8 Å². The summed E-state index contributed by atoms with van der Waals surface area (Å²) in [4.78, 5) is 19.6. The fourth-order valence-corrected chi connectivity index (χ4v) is 5.35. The second-order valence-electron chi connectivity index (χ2n) is 8.12. The Morgan fingerprint density at radius 3 is 2.07 bits per heavy atom. The molecule has 0 saturated carbocycles. The lowest BCUT2D eigenvalue weighted by molar-refractivity contribution is -0.117. The van der Waals surface area contributed by atoms with Crippen LogP contribution < -0.4 is 14.7 Å². The van der Waals surface area contributed by atoms with Crippen molar-refractivity contribution in [1.29, 1.82) is 0 Å². The molecule has 0 aromatic heterocycles. The van der Waals surface area contributed by atoms with E-state index in [1.807, 2.05) is 0 Å². The van der Waals surface area contributed by atoms with Crippen molar-refractivity contribution in [2.45, 2.75) is 53.0 Å². The van der Waals surface area contributed by atoms with E-state index in [9.17, 15) is 4.79 Å². The van der Waals surface area contributed by atoms with Crippen molar-refractivity contribution in [2.24, 2.45) is 0 Å². The van der Waals surface area contributed by atoms with Crippen molar-refractivity contribution >= 4 is 23.0 Å². The van der Waals surface area contributed by atoms with Crippen LogP contribution in [0.25, 0.3) is 0 Å². The Labute approximate surface area is 175 Å². The molecule has 29 heavy (non-hydrogen) atoms. The van der Waals surface area contributed by atoms with Gasteiger partial charge < -0.3 is 14.7 Å². The molecule has 2 aromatic carbocycles. The Balaban J connectivity index is 1.79. The third-order valence-corrected chi connectivity index (χ3v) is 6.82. The van der Waals surface area contributed by atoms with Crippen molar-refractivity contribution in [2.75, 3.05) is 40.9 Å². The summed E-state index contributed by atoms with van der Waals surface area (Å²) in [6, 6.07) is 13.7. The van der Waals surface area contributed by atoms with Gasteiger partial charge in [0.15, 0.2) is 0 Å². The van der Waals surface area contributed by atoms with E-state index >= 15 is 0 Å². The molecule has 154 valence electrons. The number of carbonyl (C=O) groups is 1. The molecule has 2 aromatic rings. The lowest BCUT2D eigenvalue weighted by Crippen LogP contribution is -2.30. The summed E-state index contributed by atoms with van der Waals surface area (Å²) in [6.45, 7) is 14.4. The third kappa shape index (κ3) is 3.09. The number of carbonyl (C=O) groups excluding carboxylic acids is 1.